The molecule has 0 atom stereocenters. The van der Waals surface area contributed by atoms with Crippen LogP contribution in [-0.2, 0) is 0 Å². The van der Waals surface area contributed by atoms with Crippen molar-refractivity contribution in [1.82, 2.24) is 5.32 Å². The van der Waals surface area contributed by atoms with E-state index in [2.05, 4.69) is 33.0 Å². The highest BCUT2D eigenvalue weighted by Crippen LogP contribution is 2.47. The summed E-state index contributed by atoms with van der Waals surface area (Å²) in [7, 11) is 0. The Morgan fingerprint density at radius 3 is 1.92 bits per heavy atom. The third-order valence-corrected chi connectivity index (χ3v) is 3.83. The second-order valence-corrected chi connectivity index (χ2v) is 5.13. The van der Waals surface area contributed by atoms with Crippen LogP contribution in [0.3, 0.4) is 0 Å². The van der Waals surface area contributed by atoms with Crippen LogP contribution in [0.5, 0.6) is 0 Å². The number of hydrogen-bond acceptors (Lipinski definition) is 1. The van der Waals surface area contributed by atoms with Gasteiger partial charge in [-0.15, -0.1) is 0 Å². The van der Waals surface area contributed by atoms with Gasteiger partial charge in [0.1, 0.15) is 0 Å². The van der Waals surface area contributed by atoms with E-state index in [0.717, 1.165) is 0 Å². The predicted octanol–water partition coefficient (Wildman–Crippen LogP) is 2.81. The summed E-state index contributed by atoms with van der Waals surface area (Å²) in [5.74, 6) is 0. The van der Waals surface area contributed by atoms with Crippen molar-refractivity contribution in [3.63, 3.8) is 0 Å². The van der Waals surface area contributed by atoms with Gasteiger partial charge in [-0.2, -0.15) is 0 Å². The quantitative estimate of drug-likeness (QED) is 0.636. The van der Waals surface area contributed by atoms with Crippen molar-refractivity contribution >= 4 is 0 Å². The van der Waals surface area contributed by atoms with E-state index in [-0.39, 0.29) is 0 Å². The van der Waals surface area contributed by atoms with E-state index in [4.69, 9.17) is 0 Å². The molecule has 0 aromatic carbocycles. The smallest absolute Gasteiger partial charge is 0.00434 e. The summed E-state index contributed by atoms with van der Waals surface area (Å²) in [5.41, 5.74) is 1.07. The van der Waals surface area contributed by atoms with Crippen molar-refractivity contribution < 1.29 is 0 Å². The molecule has 1 aliphatic heterocycles. The summed E-state index contributed by atoms with van der Waals surface area (Å²) < 4.78 is 0. The number of piperidine rings is 1. The van der Waals surface area contributed by atoms with Crippen molar-refractivity contribution in [2.24, 2.45) is 10.8 Å². The zero-order valence-corrected chi connectivity index (χ0v) is 9.04. The molecule has 72 valence electrons. The van der Waals surface area contributed by atoms with Crippen molar-refractivity contribution in [3.8, 4) is 0 Å². The summed E-state index contributed by atoms with van der Waals surface area (Å²) in [6.07, 6.45) is 4.04. The largest absolute Gasteiger partial charge is 0.317 e. The fourth-order valence-electron chi connectivity index (χ4n) is 2.54. The van der Waals surface area contributed by atoms with Crippen molar-refractivity contribution in [3.05, 3.63) is 0 Å². The first kappa shape index (κ1) is 10.0. The average molecular weight is 169 g/mol. The molecule has 1 nitrogen and oxygen atoms in total. The number of hydrogen-bond donors (Lipinski definition) is 1. The maximum absolute atomic E-state index is 3.45. The second kappa shape index (κ2) is 3.37. The molecule has 0 aliphatic carbocycles. The third-order valence-electron chi connectivity index (χ3n) is 3.83. The van der Waals surface area contributed by atoms with Gasteiger partial charge in [-0.3, -0.25) is 0 Å². The second-order valence-electron chi connectivity index (χ2n) is 5.13. The maximum atomic E-state index is 3.45. The summed E-state index contributed by atoms with van der Waals surface area (Å²) in [4.78, 5) is 0. The van der Waals surface area contributed by atoms with Gasteiger partial charge in [-0.25, -0.2) is 0 Å². The lowest BCUT2D eigenvalue weighted by Crippen LogP contribution is -2.44. The minimum absolute atomic E-state index is 0.476. The Hall–Kier alpha value is -0.0400. The molecule has 12 heavy (non-hydrogen) atoms. The molecule has 1 heterocycles. The topological polar surface area (TPSA) is 12.0 Å². The van der Waals surface area contributed by atoms with Gasteiger partial charge in [0, 0.05) is 0 Å². The molecular formula is C11H23N. The first-order valence-electron chi connectivity index (χ1n) is 5.22. The lowest BCUT2D eigenvalue weighted by molar-refractivity contribution is 0.0424. The molecule has 1 saturated heterocycles. The third kappa shape index (κ3) is 1.66. The van der Waals surface area contributed by atoms with E-state index in [0.29, 0.717) is 10.8 Å². The van der Waals surface area contributed by atoms with E-state index >= 15 is 0 Å². The summed E-state index contributed by atoms with van der Waals surface area (Å²) in [6, 6.07) is 0. The number of nitrogens with one attached hydrogen (secondary N) is 1. The van der Waals surface area contributed by atoms with Crippen LogP contribution in [0.2, 0.25) is 0 Å². The van der Waals surface area contributed by atoms with Gasteiger partial charge in [0.25, 0.3) is 0 Å². The molecule has 1 rings (SSSR count). The molecule has 0 amide bonds. The molecule has 1 fully saturated rings. The lowest BCUT2D eigenvalue weighted by Gasteiger charge is -2.47. The van der Waals surface area contributed by atoms with E-state index in [9.17, 15) is 0 Å². The first-order valence-corrected chi connectivity index (χ1v) is 5.22. The summed E-state index contributed by atoms with van der Waals surface area (Å²) in [6.45, 7) is 11.9. The van der Waals surface area contributed by atoms with Crippen LogP contribution >= 0.6 is 0 Å². The van der Waals surface area contributed by atoms with Gasteiger partial charge >= 0.3 is 0 Å². The Labute approximate surface area is 76.9 Å². The molecule has 0 radical (unpaired) electrons. The molecule has 0 unspecified atom stereocenters. The van der Waals surface area contributed by atoms with Gasteiger partial charge in [0.15, 0.2) is 0 Å². The summed E-state index contributed by atoms with van der Waals surface area (Å²) >= 11 is 0. The van der Waals surface area contributed by atoms with E-state index in [1.807, 2.05) is 0 Å². The Bertz CT molecular complexity index is 138. The Morgan fingerprint density at radius 2 is 1.67 bits per heavy atom. The van der Waals surface area contributed by atoms with Crippen LogP contribution in [0.25, 0.3) is 0 Å². The van der Waals surface area contributed by atoms with E-state index in [1.54, 1.807) is 0 Å². The van der Waals surface area contributed by atoms with Gasteiger partial charge in [0.2, 0.25) is 0 Å². The van der Waals surface area contributed by atoms with Gasteiger partial charge in [-0.1, -0.05) is 27.7 Å². The monoisotopic (exact) mass is 169 g/mol. The first-order chi connectivity index (χ1) is 5.52. The highest BCUT2D eigenvalue weighted by molar-refractivity contribution is 4.92. The Balaban J connectivity index is 2.73. The fourth-order valence-corrected chi connectivity index (χ4v) is 2.54. The van der Waals surface area contributed by atoms with E-state index in [1.165, 1.54) is 32.4 Å². The minimum atomic E-state index is 0.476. The number of rotatable bonds is 1. The average Bonchev–Trinajstić information content (AvgIpc) is 2.04. The van der Waals surface area contributed by atoms with Gasteiger partial charge in [-0.05, 0) is 43.2 Å². The highest BCUT2D eigenvalue weighted by atomic mass is 14.9. The van der Waals surface area contributed by atoms with Crippen molar-refractivity contribution in [2.45, 2.75) is 47.0 Å². The van der Waals surface area contributed by atoms with Gasteiger partial charge in [0.05, 0.1) is 0 Å². The van der Waals surface area contributed by atoms with Crippen molar-refractivity contribution in [2.75, 3.05) is 13.1 Å². The highest BCUT2D eigenvalue weighted by Gasteiger charge is 2.40. The lowest BCUT2D eigenvalue weighted by atomic mass is 9.60. The predicted molar refractivity (Wildman–Crippen MR) is 54.3 cm³/mol. The van der Waals surface area contributed by atoms with Crippen LogP contribution in [0.1, 0.15) is 47.0 Å². The zero-order valence-electron chi connectivity index (χ0n) is 9.04. The standard InChI is InChI=1S/C11H23N/c1-5-11(10(2,3)4)6-8-12-9-7-11/h12H,5-9H2,1-4H3. The Kier molecular flexibility index (Phi) is 2.82. The van der Waals surface area contributed by atoms with Crippen molar-refractivity contribution in [1.29, 1.82) is 0 Å². The molecular weight excluding hydrogens is 146 g/mol. The van der Waals surface area contributed by atoms with Crippen LogP contribution in [0.4, 0.5) is 0 Å². The molecule has 0 aromatic heterocycles. The molecule has 1 heteroatoms. The van der Waals surface area contributed by atoms with Crippen LogP contribution in [-0.4, -0.2) is 13.1 Å². The maximum Gasteiger partial charge on any atom is -0.00434 e. The Morgan fingerprint density at radius 1 is 1.17 bits per heavy atom. The molecule has 0 spiro atoms. The normalized spacial score (nSPS) is 24.0. The van der Waals surface area contributed by atoms with E-state index < -0.39 is 0 Å². The molecule has 1 aliphatic rings. The molecule has 0 aromatic rings. The molecule has 0 saturated carbocycles. The minimum Gasteiger partial charge on any atom is -0.317 e. The van der Waals surface area contributed by atoms with Crippen LogP contribution < -0.4 is 5.32 Å². The summed E-state index contributed by atoms with van der Waals surface area (Å²) in [5, 5.41) is 3.45. The van der Waals surface area contributed by atoms with Gasteiger partial charge < -0.3 is 5.32 Å². The fraction of sp³-hybridized carbons (Fsp3) is 1.00. The van der Waals surface area contributed by atoms with Crippen LogP contribution in [0.15, 0.2) is 0 Å². The molecule has 1 N–H and O–H groups in total. The zero-order chi connectivity index (χ0) is 9.24. The van der Waals surface area contributed by atoms with Crippen LogP contribution in [0, 0.1) is 10.8 Å². The SMILES string of the molecule is CCC1(C(C)(C)C)CCNCC1. The molecule has 0 bridgehead atoms.